The summed E-state index contributed by atoms with van der Waals surface area (Å²) in [4.78, 5) is 13.5. The molecule has 1 saturated heterocycles. The third-order valence-corrected chi connectivity index (χ3v) is 7.27. The van der Waals surface area contributed by atoms with E-state index in [1.807, 2.05) is 6.92 Å². The van der Waals surface area contributed by atoms with Crippen LogP contribution in [0, 0.1) is 6.92 Å². The van der Waals surface area contributed by atoms with Crippen LogP contribution in [0.1, 0.15) is 28.0 Å². The number of aromatic nitrogens is 1. The lowest BCUT2D eigenvalue weighted by molar-refractivity contribution is -0.125. The molecule has 144 valence electrons. The van der Waals surface area contributed by atoms with Crippen molar-refractivity contribution in [1.82, 2.24) is 3.97 Å². The molecule has 6 nitrogen and oxygen atoms in total. The zero-order valence-electron chi connectivity index (χ0n) is 15.3. The molecule has 0 amide bonds. The first-order chi connectivity index (χ1) is 13.4. The Balaban J connectivity index is 1.78. The van der Waals surface area contributed by atoms with Crippen molar-refractivity contribution in [2.24, 2.45) is 0 Å². The minimum atomic E-state index is -3.86. The second kappa shape index (κ2) is 6.01. The maximum Gasteiger partial charge on any atom is 0.268 e. The fourth-order valence-electron chi connectivity index (χ4n) is 4.15. The van der Waals surface area contributed by atoms with Crippen molar-refractivity contribution in [2.75, 3.05) is 13.2 Å². The fourth-order valence-corrected chi connectivity index (χ4v) is 5.73. The first kappa shape index (κ1) is 17.6. The predicted molar refractivity (Wildman–Crippen MR) is 103 cm³/mol. The molecule has 0 bridgehead atoms. The van der Waals surface area contributed by atoms with Crippen molar-refractivity contribution in [1.29, 1.82) is 0 Å². The standard InChI is InChI=1S/C21H19NO5S/c1-14-6-8-15(9-7-14)28(24,25)22-17-5-3-2-4-16(17)19-18(22)10-11-21(20(19)23)26-12-13-27-21/h2-9H,10-13H2,1H3. The number of para-hydroxylation sites is 1. The van der Waals surface area contributed by atoms with Crippen molar-refractivity contribution in [3.63, 3.8) is 0 Å². The van der Waals surface area contributed by atoms with Gasteiger partial charge in [0.15, 0.2) is 0 Å². The molecule has 2 aromatic carbocycles. The van der Waals surface area contributed by atoms with Crippen LogP contribution in [0.5, 0.6) is 0 Å². The molecule has 28 heavy (non-hydrogen) atoms. The van der Waals surface area contributed by atoms with E-state index in [2.05, 4.69) is 0 Å². The molecule has 1 aliphatic carbocycles. The second-order valence-electron chi connectivity index (χ2n) is 7.20. The van der Waals surface area contributed by atoms with Gasteiger partial charge in [-0.15, -0.1) is 0 Å². The lowest BCUT2D eigenvalue weighted by Gasteiger charge is -2.30. The largest absolute Gasteiger partial charge is 0.341 e. The number of ketones is 1. The maximum absolute atomic E-state index is 13.5. The van der Waals surface area contributed by atoms with Crippen LogP contribution in [0.15, 0.2) is 53.4 Å². The van der Waals surface area contributed by atoms with Gasteiger partial charge in [0.1, 0.15) is 0 Å². The van der Waals surface area contributed by atoms with Crippen molar-refractivity contribution in [3.05, 3.63) is 65.4 Å². The molecule has 3 aromatic rings. The van der Waals surface area contributed by atoms with E-state index in [1.54, 1.807) is 48.5 Å². The van der Waals surface area contributed by atoms with E-state index in [0.29, 0.717) is 48.2 Å². The van der Waals surface area contributed by atoms with Crippen molar-refractivity contribution in [2.45, 2.75) is 30.4 Å². The van der Waals surface area contributed by atoms with Crippen molar-refractivity contribution >= 4 is 26.7 Å². The third kappa shape index (κ3) is 2.33. The summed E-state index contributed by atoms with van der Waals surface area (Å²) >= 11 is 0. The van der Waals surface area contributed by atoms with Gasteiger partial charge in [0.2, 0.25) is 11.6 Å². The number of Topliss-reactive ketones (excluding diaryl/α,β-unsaturated/α-hetero) is 1. The average molecular weight is 397 g/mol. The first-order valence-electron chi connectivity index (χ1n) is 9.21. The minimum Gasteiger partial charge on any atom is -0.341 e. The Bertz CT molecular complexity index is 1200. The lowest BCUT2D eigenvalue weighted by atomic mass is 9.89. The molecule has 2 heterocycles. The van der Waals surface area contributed by atoms with E-state index >= 15 is 0 Å². The van der Waals surface area contributed by atoms with E-state index in [4.69, 9.17) is 9.47 Å². The summed E-state index contributed by atoms with van der Waals surface area (Å²) in [6.07, 6.45) is 0.680. The molecule has 1 fully saturated rings. The molecule has 0 unspecified atom stereocenters. The summed E-state index contributed by atoms with van der Waals surface area (Å²) < 4.78 is 39.6. The number of carbonyl (C=O) groups is 1. The van der Waals surface area contributed by atoms with E-state index in [0.717, 1.165) is 5.56 Å². The highest BCUT2D eigenvalue weighted by Gasteiger charge is 2.50. The van der Waals surface area contributed by atoms with Crippen LogP contribution in [0.4, 0.5) is 0 Å². The monoisotopic (exact) mass is 397 g/mol. The normalized spacial score (nSPS) is 18.7. The van der Waals surface area contributed by atoms with Gasteiger partial charge < -0.3 is 9.47 Å². The number of nitrogens with zero attached hydrogens (tertiary/aromatic N) is 1. The highest BCUT2D eigenvalue weighted by molar-refractivity contribution is 7.90. The van der Waals surface area contributed by atoms with Gasteiger partial charge >= 0.3 is 0 Å². The summed E-state index contributed by atoms with van der Waals surface area (Å²) in [5.74, 6) is -1.57. The van der Waals surface area contributed by atoms with Gasteiger partial charge in [-0.05, 0) is 31.5 Å². The zero-order valence-corrected chi connectivity index (χ0v) is 16.2. The van der Waals surface area contributed by atoms with Gasteiger partial charge in [0, 0.05) is 17.5 Å². The van der Waals surface area contributed by atoms with Crippen LogP contribution in [0.2, 0.25) is 0 Å². The molecule has 1 aromatic heterocycles. The number of ether oxygens (including phenoxy) is 2. The maximum atomic E-state index is 13.5. The molecule has 0 N–H and O–H groups in total. The van der Waals surface area contributed by atoms with Crippen LogP contribution >= 0.6 is 0 Å². The Hall–Kier alpha value is -2.48. The third-order valence-electron chi connectivity index (χ3n) is 5.50. The van der Waals surface area contributed by atoms with Gasteiger partial charge in [-0.3, -0.25) is 4.79 Å². The SMILES string of the molecule is Cc1ccc(S(=O)(=O)n2c3c(c4ccccc42)C(=O)C2(CC3)OCCO2)cc1. The van der Waals surface area contributed by atoms with E-state index in [9.17, 15) is 13.2 Å². The number of carbonyl (C=O) groups excluding carboxylic acids is 1. The Labute approximate surface area is 162 Å². The van der Waals surface area contributed by atoms with Gasteiger partial charge in [-0.1, -0.05) is 35.9 Å². The number of hydrogen-bond donors (Lipinski definition) is 0. The fraction of sp³-hybridized carbons (Fsp3) is 0.286. The summed E-state index contributed by atoms with van der Waals surface area (Å²) in [6, 6.07) is 13.8. The van der Waals surface area contributed by atoms with Crippen LogP contribution in [0.3, 0.4) is 0 Å². The molecule has 0 radical (unpaired) electrons. The minimum absolute atomic E-state index is 0.197. The molecule has 2 aliphatic rings. The molecule has 0 saturated carbocycles. The number of hydrogen-bond acceptors (Lipinski definition) is 5. The van der Waals surface area contributed by atoms with Crippen molar-refractivity contribution < 1.29 is 22.7 Å². The number of fused-ring (bicyclic) bond motifs is 3. The Morgan fingerprint density at radius 2 is 1.68 bits per heavy atom. The Morgan fingerprint density at radius 3 is 2.39 bits per heavy atom. The number of aryl methyl sites for hydroxylation is 1. The predicted octanol–water partition coefficient (Wildman–Crippen LogP) is 3.06. The van der Waals surface area contributed by atoms with Gasteiger partial charge in [-0.2, -0.15) is 0 Å². The number of rotatable bonds is 2. The van der Waals surface area contributed by atoms with Crippen molar-refractivity contribution in [3.8, 4) is 0 Å². The molecule has 7 heteroatoms. The van der Waals surface area contributed by atoms with Gasteiger partial charge in [0.25, 0.3) is 10.0 Å². The molecule has 5 rings (SSSR count). The Kier molecular flexibility index (Phi) is 3.78. The topological polar surface area (TPSA) is 74.6 Å². The molecular formula is C21H19NO5S. The van der Waals surface area contributed by atoms with Crippen LogP contribution in [-0.2, 0) is 25.9 Å². The highest BCUT2D eigenvalue weighted by atomic mass is 32.2. The van der Waals surface area contributed by atoms with Crippen LogP contribution in [-0.4, -0.2) is 37.2 Å². The van der Waals surface area contributed by atoms with Crippen LogP contribution in [0.25, 0.3) is 10.9 Å². The number of benzene rings is 2. The molecule has 1 aliphatic heterocycles. The van der Waals surface area contributed by atoms with E-state index < -0.39 is 15.8 Å². The van der Waals surface area contributed by atoms with E-state index in [1.165, 1.54) is 3.97 Å². The Morgan fingerprint density at radius 1 is 1.00 bits per heavy atom. The molecular weight excluding hydrogens is 378 g/mol. The lowest BCUT2D eigenvalue weighted by Crippen LogP contribution is -2.44. The second-order valence-corrected chi connectivity index (χ2v) is 8.99. The smallest absolute Gasteiger partial charge is 0.268 e. The highest BCUT2D eigenvalue weighted by Crippen LogP contribution is 2.41. The summed E-state index contributed by atoms with van der Waals surface area (Å²) in [5, 5.41) is 0.608. The first-order valence-corrected chi connectivity index (χ1v) is 10.7. The van der Waals surface area contributed by atoms with Gasteiger partial charge in [-0.25, -0.2) is 12.4 Å². The summed E-state index contributed by atoms with van der Waals surface area (Å²) in [6.45, 7) is 2.63. The summed E-state index contributed by atoms with van der Waals surface area (Å²) in [7, 11) is -3.86. The zero-order chi connectivity index (χ0) is 19.5. The quantitative estimate of drug-likeness (QED) is 0.664. The van der Waals surface area contributed by atoms with Gasteiger partial charge in [0.05, 0.1) is 29.2 Å². The van der Waals surface area contributed by atoms with E-state index in [-0.39, 0.29) is 10.7 Å². The average Bonchev–Trinajstić information content (AvgIpc) is 3.29. The molecule has 0 atom stereocenters. The summed E-state index contributed by atoms with van der Waals surface area (Å²) in [5.41, 5.74) is 2.36. The van der Waals surface area contributed by atoms with Crippen LogP contribution < -0.4 is 0 Å². The molecule has 1 spiro atoms.